The van der Waals surface area contributed by atoms with Crippen LogP contribution >= 0.6 is 0 Å². The quantitative estimate of drug-likeness (QED) is 0.468. The summed E-state index contributed by atoms with van der Waals surface area (Å²) in [6.07, 6.45) is 1.68. The highest BCUT2D eigenvalue weighted by Gasteiger charge is 2.14. The Bertz CT molecular complexity index is 944. The van der Waals surface area contributed by atoms with Gasteiger partial charge in [-0.25, -0.2) is 4.79 Å². The fourth-order valence-corrected chi connectivity index (χ4v) is 2.45. The number of ether oxygens (including phenoxy) is 2. The summed E-state index contributed by atoms with van der Waals surface area (Å²) in [7, 11) is 0. The van der Waals surface area contributed by atoms with Crippen molar-refractivity contribution >= 4 is 16.9 Å². The number of hydrogen-bond acceptors (Lipinski definition) is 5. The average Bonchev–Trinajstić information content (AvgIpc) is 2.67. The van der Waals surface area contributed by atoms with Crippen molar-refractivity contribution in [3.8, 4) is 5.75 Å². The van der Waals surface area contributed by atoms with Crippen molar-refractivity contribution < 1.29 is 18.7 Å². The molecule has 0 aliphatic carbocycles. The zero-order chi connectivity index (χ0) is 18.4. The van der Waals surface area contributed by atoms with Crippen molar-refractivity contribution in [3.63, 3.8) is 0 Å². The summed E-state index contributed by atoms with van der Waals surface area (Å²) in [4.78, 5) is 24.2. The van der Waals surface area contributed by atoms with E-state index in [0.717, 1.165) is 18.4 Å². The van der Waals surface area contributed by atoms with E-state index < -0.39 is 5.97 Å². The van der Waals surface area contributed by atoms with Gasteiger partial charge in [0.1, 0.15) is 17.9 Å². The van der Waals surface area contributed by atoms with Crippen molar-refractivity contribution in [1.82, 2.24) is 0 Å². The van der Waals surface area contributed by atoms with Gasteiger partial charge in [0.25, 0.3) is 0 Å². The van der Waals surface area contributed by atoms with Gasteiger partial charge in [-0.15, -0.1) is 0 Å². The molecular formula is C21H20O5. The third kappa shape index (κ3) is 4.30. The maximum absolute atomic E-state index is 12.2. The van der Waals surface area contributed by atoms with Crippen LogP contribution in [0.1, 0.15) is 35.9 Å². The van der Waals surface area contributed by atoms with Gasteiger partial charge in [-0.05, 0) is 24.1 Å². The minimum absolute atomic E-state index is 0.0983. The van der Waals surface area contributed by atoms with Gasteiger partial charge in [-0.2, -0.15) is 0 Å². The molecule has 3 rings (SSSR count). The second-order valence-corrected chi connectivity index (χ2v) is 5.90. The van der Waals surface area contributed by atoms with E-state index in [-0.39, 0.29) is 11.2 Å². The molecule has 0 fully saturated rings. The van der Waals surface area contributed by atoms with Gasteiger partial charge in [-0.1, -0.05) is 43.7 Å². The van der Waals surface area contributed by atoms with Crippen LogP contribution in [0.2, 0.25) is 0 Å². The first-order chi connectivity index (χ1) is 12.7. The summed E-state index contributed by atoms with van der Waals surface area (Å²) in [6, 6.07) is 15.9. The molecule has 134 valence electrons. The molecule has 0 amide bonds. The number of unbranched alkanes of at least 4 members (excludes halogenated alkanes) is 1. The first-order valence-corrected chi connectivity index (χ1v) is 8.59. The minimum atomic E-state index is -0.631. The van der Waals surface area contributed by atoms with Crippen LogP contribution in [0.3, 0.4) is 0 Å². The number of benzene rings is 2. The van der Waals surface area contributed by atoms with Crippen LogP contribution in [0.15, 0.2) is 63.8 Å². The Hall–Kier alpha value is -3.08. The molecule has 2 aromatic carbocycles. The number of fused-ring (bicyclic) bond motifs is 1. The highest BCUT2D eigenvalue weighted by atomic mass is 16.5. The Morgan fingerprint density at radius 2 is 1.88 bits per heavy atom. The zero-order valence-electron chi connectivity index (χ0n) is 14.6. The zero-order valence-corrected chi connectivity index (χ0v) is 14.6. The van der Waals surface area contributed by atoms with Gasteiger partial charge >= 0.3 is 5.97 Å². The molecule has 1 aromatic heterocycles. The molecule has 0 aliphatic rings. The molecular weight excluding hydrogens is 332 g/mol. The van der Waals surface area contributed by atoms with Crippen LogP contribution < -0.4 is 10.2 Å². The van der Waals surface area contributed by atoms with Crippen LogP contribution in [-0.2, 0) is 11.3 Å². The molecule has 0 saturated heterocycles. The van der Waals surface area contributed by atoms with Crippen LogP contribution in [0.25, 0.3) is 11.0 Å². The van der Waals surface area contributed by atoms with Crippen molar-refractivity contribution in [1.29, 1.82) is 0 Å². The number of carbonyl (C=O) groups is 1. The van der Waals surface area contributed by atoms with Crippen LogP contribution in [-0.4, -0.2) is 12.6 Å². The Morgan fingerprint density at radius 3 is 2.65 bits per heavy atom. The highest BCUT2D eigenvalue weighted by molar-refractivity contribution is 5.89. The fourth-order valence-electron chi connectivity index (χ4n) is 2.45. The van der Waals surface area contributed by atoms with Crippen LogP contribution in [0.5, 0.6) is 5.75 Å². The fraction of sp³-hybridized carbons (Fsp3) is 0.238. The molecule has 0 saturated carbocycles. The lowest BCUT2D eigenvalue weighted by Gasteiger charge is -2.08. The van der Waals surface area contributed by atoms with E-state index in [1.807, 2.05) is 37.3 Å². The van der Waals surface area contributed by atoms with Gasteiger partial charge in [0, 0.05) is 12.1 Å². The maximum Gasteiger partial charge on any atom is 0.374 e. The molecule has 0 N–H and O–H groups in total. The molecule has 26 heavy (non-hydrogen) atoms. The number of rotatable bonds is 7. The van der Waals surface area contributed by atoms with Crippen molar-refractivity contribution in [2.24, 2.45) is 0 Å². The molecule has 5 nitrogen and oxygen atoms in total. The van der Waals surface area contributed by atoms with Gasteiger partial charge in [0.2, 0.25) is 5.76 Å². The normalized spacial score (nSPS) is 10.7. The van der Waals surface area contributed by atoms with E-state index in [0.29, 0.717) is 29.9 Å². The minimum Gasteiger partial charge on any atom is -0.489 e. The van der Waals surface area contributed by atoms with E-state index in [2.05, 4.69) is 0 Å². The summed E-state index contributed by atoms with van der Waals surface area (Å²) in [6.45, 7) is 2.70. The van der Waals surface area contributed by atoms with E-state index in [4.69, 9.17) is 13.9 Å². The average molecular weight is 352 g/mol. The third-order valence-electron chi connectivity index (χ3n) is 3.88. The van der Waals surface area contributed by atoms with Gasteiger partial charge < -0.3 is 13.9 Å². The number of esters is 1. The molecule has 0 unspecified atom stereocenters. The monoisotopic (exact) mass is 352 g/mol. The highest BCUT2D eigenvalue weighted by Crippen LogP contribution is 2.21. The van der Waals surface area contributed by atoms with Crippen molar-refractivity contribution in [2.75, 3.05) is 6.61 Å². The molecule has 1 heterocycles. The topological polar surface area (TPSA) is 65.7 Å². The van der Waals surface area contributed by atoms with Crippen LogP contribution in [0.4, 0.5) is 0 Å². The SMILES string of the molecule is CCCCOC(=O)c1cc(=O)c2ccc(OCc3ccccc3)cc2o1. The predicted octanol–water partition coefficient (Wildman–Crippen LogP) is 4.33. The molecule has 0 radical (unpaired) electrons. The lowest BCUT2D eigenvalue weighted by atomic mass is 10.2. The Kier molecular flexibility index (Phi) is 5.69. The summed E-state index contributed by atoms with van der Waals surface area (Å²) >= 11 is 0. The molecule has 0 aliphatic heterocycles. The summed E-state index contributed by atoms with van der Waals surface area (Å²) in [5, 5.41) is 0.391. The third-order valence-corrected chi connectivity index (χ3v) is 3.88. The van der Waals surface area contributed by atoms with Crippen molar-refractivity contribution in [2.45, 2.75) is 26.4 Å². The first kappa shape index (κ1) is 17.7. The maximum atomic E-state index is 12.2. The molecule has 5 heteroatoms. The lowest BCUT2D eigenvalue weighted by Crippen LogP contribution is -2.11. The molecule has 0 spiro atoms. The number of carbonyl (C=O) groups excluding carboxylic acids is 1. The standard InChI is InChI=1S/C21H20O5/c1-2-3-11-24-21(23)20-13-18(22)17-10-9-16(12-19(17)26-20)25-14-15-7-5-4-6-8-15/h4-10,12-13H,2-3,11,14H2,1H3. The molecule has 0 bridgehead atoms. The Labute approximate surface area is 151 Å². The van der Waals surface area contributed by atoms with Crippen molar-refractivity contribution in [3.05, 3.63) is 76.1 Å². The van der Waals surface area contributed by atoms with E-state index >= 15 is 0 Å². The first-order valence-electron chi connectivity index (χ1n) is 8.59. The summed E-state index contributed by atoms with van der Waals surface area (Å²) in [5.41, 5.74) is 1.04. The Balaban J connectivity index is 1.80. The smallest absolute Gasteiger partial charge is 0.374 e. The van der Waals surface area contributed by atoms with Crippen LogP contribution in [0, 0.1) is 0 Å². The lowest BCUT2D eigenvalue weighted by molar-refractivity contribution is 0.0464. The second kappa shape index (κ2) is 8.34. The second-order valence-electron chi connectivity index (χ2n) is 5.90. The van der Waals surface area contributed by atoms with E-state index in [1.54, 1.807) is 18.2 Å². The largest absolute Gasteiger partial charge is 0.489 e. The summed E-state index contributed by atoms with van der Waals surface area (Å²) in [5.74, 6) is -0.173. The van der Waals surface area contributed by atoms with E-state index in [9.17, 15) is 9.59 Å². The van der Waals surface area contributed by atoms with Gasteiger partial charge in [0.05, 0.1) is 12.0 Å². The van der Waals surface area contributed by atoms with Gasteiger partial charge in [0.15, 0.2) is 5.43 Å². The Morgan fingerprint density at radius 1 is 1.08 bits per heavy atom. The molecule has 0 atom stereocenters. The predicted molar refractivity (Wildman–Crippen MR) is 98.4 cm³/mol. The van der Waals surface area contributed by atoms with E-state index in [1.165, 1.54) is 6.07 Å². The van der Waals surface area contributed by atoms with Gasteiger partial charge in [-0.3, -0.25) is 4.79 Å². The summed E-state index contributed by atoms with van der Waals surface area (Å²) < 4.78 is 16.4. The number of hydrogen-bond donors (Lipinski definition) is 0. The molecule has 3 aromatic rings.